The maximum absolute atomic E-state index is 13.9. The fourth-order valence-corrected chi connectivity index (χ4v) is 3.63. The monoisotopic (exact) mass is 378 g/mol. The first-order valence-electron chi connectivity index (χ1n) is 4.88. The summed E-state index contributed by atoms with van der Waals surface area (Å²) in [5.41, 5.74) is 0.850. The second-order valence-corrected chi connectivity index (χ2v) is 6.91. The third kappa shape index (κ3) is 2.62. The third-order valence-electron chi connectivity index (χ3n) is 2.45. The van der Waals surface area contributed by atoms with Crippen LogP contribution in [-0.4, -0.2) is 5.11 Å². The van der Waals surface area contributed by atoms with Crippen LogP contribution in [0.3, 0.4) is 0 Å². The van der Waals surface area contributed by atoms with Crippen LogP contribution in [0.25, 0.3) is 0 Å². The van der Waals surface area contributed by atoms with Gasteiger partial charge in [-0.15, -0.1) is 11.3 Å². The zero-order valence-corrected chi connectivity index (χ0v) is 12.9. The molecule has 0 fully saturated rings. The number of hydrogen-bond donors (Lipinski definition) is 1. The van der Waals surface area contributed by atoms with E-state index < -0.39 is 6.10 Å². The van der Waals surface area contributed by atoms with E-state index in [1.54, 1.807) is 31.2 Å². The lowest BCUT2D eigenvalue weighted by Gasteiger charge is -2.11. The topological polar surface area (TPSA) is 20.2 Å². The minimum absolute atomic E-state index is 0.311. The van der Waals surface area contributed by atoms with Crippen LogP contribution in [0.5, 0.6) is 0 Å². The van der Waals surface area contributed by atoms with Crippen molar-refractivity contribution in [3.63, 3.8) is 0 Å². The Labute approximate surface area is 120 Å². The molecule has 5 heteroatoms. The molecule has 1 unspecified atom stereocenters. The van der Waals surface area contributed by atoms with E-state index in [1.165, 1.54) is 11.3 Å². The maximum atomic E-state index is 13.9. The van der Waals surface area contributed by atoms with Gasteiger partial charge in [0.15, 0.2) is 0 Å². The summed E-state index contributed by atoms with van der Waals surface area (Å²) >= 11 is 8.09. The fourth-order valence-electron chi connectivity index (χ4n) is 1.53. The van der Waals surface area contributed by atoms with Crippen LogP contribution in [0.1, 0.15) is 22.1 Å². The fraction of sp³-hybridized carbons (Fsp3) is 0.167. The lowest BCUT2D eigenvalue weighted by Crippen LogP contribution is -2.01. The molecular formula is C12H9Br2FOS. The Kier molecular flexibility index (Phi) is 4.02. The molecule has 1 aromatic carbocycles. The molecular weight excluding hydrogens is 371 g/mol. The Hall–Kier alpha value is -0.230. The minimum Gasteiger partial charge on any atom is -0.383 e. The number of thiophene rings is 1. The minimum atomic E-state index is -0.928. The van der Waals surface area contributed by atoms with Crippen LogP contribution >= 0.6 is 43.2 Å². The van der Waals surface area contributed by atoms with Crippen LogP contribution < -0.4 is 0 Å². The number of rotatable bonds is 2. The summed E-state index contributed by atoms with van der Waals surface area (Å²) in [7, 11) is 0. The first kappa shape index (κ1) is 13.2. The molecule has 0 aliphatic rings. The molecule has 0 saturated heterocycles. The number of halogens is 3. The van der Waals surface area contributed by atoms with Crippen molar-refractivity contribution in [2.24, 2.45) is 0 Å². The number of aliphatic hydroxyl groups is 1. The number of benzene rings is 1. The molecule has 1 aromatic heterocycles. The third-order valence-corrected chi connectivity index (χ3v) is 5.76. The molecule has 1 heterocycles. The molecule has 1 N–H and O–H groups in total. The van der Waals surface area contributed by atoms with Gasteiger partial charge in [0.1, 0.15) is 11.9 Å². The number of aliphatic hydroxyl groups excluding tert-OH is 1. The lowest BCUT2D eigenvalue weighted by atomic mass is 10.0. The average molecular weight is 380 g/mol. The Bertz CT molecular complexity index is 534. The summed E-state index contributed by atoms with van der Waals surface area (Å²) in [6, 6.07) is 6.83. The summed E-state index contributed by atoms with van der Waals surface area (Å²) in [5.74, 6) is -0.347. The van der Waals surface area contributed by atoms with Gasteiger partial charge in [0.05, 0.1) is 3.79 Å². The first-order chi connectivity index (χ1) is 8.00. The number of hydrogen-bond acceptors (Lipinski definition) is 2. The van der Waals surface area contributed by atoms with Gasteiger partial charge in [-0.1, -0.05) is 18.2 Å². The van der Waals surface area contributed by atoms with Crippen molar-refractivity contribution in [2.75, 3.05) is 0 Å². The summed E-state index contributed by atoms with van der Waals surface area (Å²) in [6.45, 7) is 1.69. The van der Waals surface area contributed by atoms with E-state index in [0.717, 1.165) is 8.26 Å². The summed E-state index contributed by atoms with van der Waals surface area (Å²) < 4.78 is 15.6. The van der Waals surface area contributed by atoms with Crippen LogP contribution in [0.2, 0.25) is 0 Å². The van der Waals surface area contributed by atoms with Gasteiger partial charge in [0, 0.05) is 14.9 Å². The van der Waals surface area contributed by atoms with Gasteiger partial charge in [-0.3, -0.25) is 0 Å². The van der Waals surface area contributed by atoms with Crippen LogP contribution in [0.15, 0.2) is 32.5 Å². The van der Waals surface area contributed by atoms with Gasteiger partial charge < -0.3 is 5.11 Å². The number of aryl methyl sites for hydroxylation is 1. The van der Waals surface area contributed by atoms with Crippen molar-refractivity contribution < 1.29 is 9.50 Å². The molecule has 0 aliphatic carbocycles. The second-order valence-electron chi connectivity index (χ2n) is 3.65. The van der Waals surface area contributed by atoms with Gasteiger partial charge in [-0.2, -0.15) is 0 Å². The van der Waals surface area contributed by atoms with Crippen molar-refractivity contribution in [3.05, 3.63) is 54.3 Å². The molecule has 0 bridgehead atoms. The largest absolute Gasteiger partial charge is 0.383 e. The van der Waals surface area contributed by atoms with Crippen molar-refractivity contribution in [1.29, 1.82) is 0 Å². The van der Waals surface area contributed by atoms with E-state index in [1.807, 2.05) is 0 Å². The summed E-state index contributed by atoms with van der Waals surface area (Å²) in [6.07, 6.45) is -0.928. The Morgan fingerprint density at radius 1 is 1.35 bits per heavy atom. The second kappa shape index (κ2) is 5.18. The molecule has 0 aliphatic heterocycles. The molecule has 2 aromatic rings. The molecule has 1 nitrogen and oxygen atoms in total. The zero-order chi connectivity index (χ0) is 12.6. The molecule has 1 atom stereocenters. The molecule has 0 saturated carbocycles. The van der Waals surface area contributed by atoms with E-state index >= 15 is 0 Å². The molecule has 0 radical (unpaired) electrons. The lowest BCUT2D eigenvalue weighted by molar-refractivity contribution is 0.218. The highest BCUT2D eigenvalue weighted by molar-refractivity contribution is 9.13. The highest BCUT2D eigenvalue weighted by atomic mass is 79.9. The van der Waals surface area contributed by atoms with E-state index in [4.69, 9.17) is 0 Å². The summed E-state index contributed by atoms with van der Waals surface area (Å²) in [5, 5.41) is 10.2. The standard InChI is InChI=1S/C12H9Br2FOS/c1-6-3-2-4-7(10(6)15)11(16)9-5-8(13)12(14)17-9/h2-5,11,16H,1H3. The predicted octanol–water partition coefficient (Wildman–Crippen LogP) is 4.80. The van der Waals surface area contributed by atoms with Gasteiger partial charge >= 0.3 is 0 Å². The van der Waals surface area contributed by atoms with Crippen molar-refractivity contribution in [3.8, 4) is 0 Å². The van der Waals surface area contributed by atoms with E-state index in [2.05, 4.69) is 31.9 Å². The van der Waals surface area contributed by atoms with Gasteiger partial charge in [-0.25, -0.2) is 4.39 Å². The van der Waals surface area contributed by atoms with Crippen LogP contribution in [0, 0.1) is 12.7 Å². The molecule has 0 amide bonds. The Balaban J connectivity index is 2.43. The van der Waals surface area contributed by atoms with Crippen LogP contribution in [-0.2, 0) is 0 Å². The molecule has 2 rings (SSSR count). The predicted molar refractivity (Wildman–Crippen MR) is 74.9 cm³/mol. The van der Waals surface area contributed by atoms with Crippen LogP contribution in [0.4, 0.5) is 4.39 Å². The average Bonchev–Trinajstić information content (AvgIpc) is 2.62. The van der Waals surface area contributed by atoms with Gasteiger partial charge in [0.25, 0.3) is 0 Å². The molecule has 90 valence electrons. The summed E-state index contributed by atoms with van der Waals surface area (Å²) in [4.78, 5) is 0.702. The Morgan fingerprint density at radius 3 is 2.65 bits per heavy atom. The maximum Gasteiger partial charge on any atom is 0.132 e. The van der Waals surface area contributed by atoms with Gasteiger partial charge in [-0.05, 0) is 50.4 Å². The van der Waals surface area contributed by atoms with E-state index in [0.29, 0.717) is 16.0 Å². The SMILES string of the molecule is Cc1cccc(C(O)c2cc(Br)c(Br)s2)c1F. The Morgan fingerprint density at radius 2 is 2.06 bits per heavy atom. The van der Waals surface area contributed by atoms with Crippen molar-refractivity contribution in [2.45, 2.75) is 13.0 Å². The smallest absolute Gasteiger partial charge is 0.132 e. The van der Waals surface area contributed by atoms with Gasteiger partial charge in [0.2, 0.25) is 0 Å². The quantitative estimate of drug-likeness (QED) is 0.794. The highest BCUT2D eigenvalue weighted by Crippen LogP contribution is 2.38. The highest BCUT2D eigenvalue weighted by Gasteiger charge is 2.19. The van der Waals surface area contributed by atoms with Crippen molar-refractivity contribution in [1.82, 2.24) is 0 Å². The molecule has 17 heavy (non-hydrogen) atoms. The zero-order valence-electron chi connectivity index (χ0n) is 8.88. The first-order valence-corrected chi connectivity index (χ1v) is 7.28. The van der Waals surface area contributed by atoms with E-state index in [-0.39, 0.29) is 5.82 Å². The van der Waals surface area contributed by atoms with Crippen molar-refractivity contribution >= 4 is 43.2 Å². The normalized spacial score (nSPS) is 12.8. The molecule has 0 spiro atoms. The van der Waals surface area contributed by atoms with E-state index in [9.17, 15) is 9.50 Å².